The molecule has 1 N–H and O–H groups in total. The molecule has 1 aliphatic heterocycles. The van der Waals surface area contributed by atoms with Crippen LogP contribution in [-0.2, 0) is 19.1 Å². The van der Waals surface area contributed by atoms with E-state index in [0.29, 0.717) is 11.4 Å². The Morgan fingerprint density at radius 2 is 1.82 bits per heavy atom. The monoisotopic (exact) mass is 390 g/mol. The van der Waals surface area contributed by atoms with E-state index in [1.807, 2.05) is 5.32 Å². The molecule has 2 amide bonds. The van der Waals surface area contributed by atoms with Gasteiger partial charge in [-0.05, 0) is 24.3 Å². The van der Waals surface area contributed by atoms with Crippen LogP contribution in [0.25, 0.3) is 0 Å². The fourth-order valence-corrected chi connectivity index (χ4v) is 2.61. The molecular weight excluding hydrogens is 374 g/mol. The SMILES string of the molecule is O=C(COC(=O)CN1C(=O)CCOc2ccccc21)Nc1c(F)cccc1F. The second kappa shape index (κ2) is 8.47. The summed E-state index contributed by atoms with van der Waals surface area (Å²) in [6.45, 7) is -1.01. The zero-order valence-electron chi connectivity index (χ0n) is 14.6. The maximum Gasteiger partial charge on any atom is 0.326 e. The first kappa shape index (κ1) is 19.3. The fraction of sp³-hybridized carbons (Fsp3) is 0.211. The summed E-state index contributed by atoms with van der Waals surface area (Å²) in [6, 6.07) is 9.83. The molecule has 0 aromatic heterocycles. The summed E-state index contributed by atoms with van der Waals surface area (Å²) in [6.07, 6.45) is 0.0784. The lowest BCUT2D eigenvalue weighted by atomic mass is 10.2. The van der Waals surface area contributed by atoms with Gasteiger partial charge in [0, 0.05) is 0 Å². The standard InChI is InChI=1S/C19H16F2N2O5/c20-12-4-3-5-13(21)19(12)22-16(24)11-28-18(26)10-23-14-6-1-2-7-15(14)27-9-8-17(23)25/h1-7H,8-11H2,(H,22,24). The van der Waals surface area contributed by atoms with Crippen molar-refractivity contribution in [1.29, 1.82) is 0 Å². The molecule has 9 heteroatoms. The predicted octanol–water partition coefficient (Wildman–Crippen LogP) is 2.26. The second-order valence-electron chi connectivity index (χ2n) is 5.85. The molecule has 2 aromatic carbocycles. The topological polar surface area (TPSA) is 84.9 Å². The summed E-state index contributed by atoms with van der Waals surface area (Å²) < 4.78 is 37.3. The Balaban J connectivity index is 1.60. The number of halogens is 2. The zero-order valence-corrected chi connectivity index (χ0v) is 14.6. The van der Waals surface area contributed by atoms with Gasteiger partial charge in [-0.2, -0.15) is 0 Å². The van der Waals surface area contributed by atoms with Crippen molar-refractivity contribution in [3.63, 3.8) is 0 Å². The van der Waals surface area contributed by atoms with Gasteiger partial charge >= 0.3 is 5.97 Å². The summed E-state index contributed by atoms with van der Waals surface area (Å²) in [5.41, 5.74) is -0.211. The van der Waals surface area contributed by atoms with Gasteiger partial charge in [-0.1, -0.05) is 18.2 Å². The summed E-state index contributed by atoms with van der Waals surface area (Å²) in [5.74, 6) is -3.55. The number of amides is 2. The fourth-order valence-electron chi connectivity index (χ4n) is 2.61. The van der Waals surface area contributed by atoms with Gasteiger partial charge in [0.05, 0.1) is 18.7 Å². The number of esters is 1. The van der Waals surface area contributed by atoms with Crippen molar-refractivity contribution in [2.24, 2.45) is 0 Å². The number of rotatable bonds is 5. The molecule has 3 rings (SSSR count). The molecule has 0 spiro atoms. The normalized spacial score (nSPS) is 13.2. The molecule has 0 saturated heterocycles. The molecule has 2 aromatic rings. The average Bonchev–Trinajstić information content (AvgIpc) is 2.82. The first-order valence-electron chi connectivity index (χ1n) is 8.37. The Morgan fingerprint density at radius 3 is 2.57 bits per heavy atom. The average molecular weight is 390 g/mol. The van der Waals surface area contributed by atoms with Crippen molar-refractivity contribution in [3.8, 4) is 5.75 Å². The van der Waals surface area contributed by atoms with E-state index in [0.717, 1.165) is 18.2 Å². The van der Waals surface area contributed by atoms with Gasteiger partial charge in [-0.25, -0.2) is 8.78 Å². The number of carbonyl (C=O) groups is 3. The van der Waals surface area contributed by atoms with Crippen molar-refractivity contribution in [3.05, 3.63) is 54.1 Å². The van der Waals surface area contributed by atoms with Crippen LogP contribution in [-0.4, -0.2) is 37.5 Å². The van der Waals surface area contributed by atoms with E-state index in [4.69, 9.17) is 9.47 Å². The maximum atomic E-state index is 13.5. The minimum atomic E-state index is -0.952. The Morgan fingerprint density at radius 1 is 1.11 bits per heavy atom. The molecule has 28 heavy (non-hydrogen) atoms. The van der Waals surface area contributed by atoms with Gasteiger partial charge in [-0.3, -0.25) is 19.3 Å². The Labute approximate surface area is 158 Å². The summed E-state index contributed by atoms with van der Waals surface area (Å²) >= 11 is 0. The van der Waals surface area contributed by atoms with Crippen LogP contribution >= 0.6 is 0 Å². The number of fused-ring (bicyclic) bond motifs is 1. The highest BCUT2D eigenvalue weighted by Crippen LogP contribution is 2.30. The Bertz CT molecular complexity index is 899. The first-order chi connectivity index (χ1) is 13.5. The lowest BCUT2D eigenvalue weighted by Crippen LogP contribution is -2.37. The van der Waals surface area contributed by atoms with E-state index in [2.05, 4.69) is 0 Å². The highest BCUT2D eigenvalue weighted by atomic mass is 19.1. The number of hydrogen-bond acceptors (Lipinski definition) is 5. The maximum absolute atomic E-state index is 13.5. The second-order valence-corrected chi connectivity index (χ2v) is 5.85. The highest BCUT2D eigenvalue weighted by molar-refractivity contribution is 6.00. The molecule has 0 aliphatic carbocycles. The number of benzene rings is 2. The number of hydrogen-bond donors (Lipinski definition) is 1. The van der Waals surface area contributed by atoms with E-state index in [1.54, 1.807) is 24.3 Å². The van der Waals surface area contributed by atoms with Gasteiger partial charge in [0.2, 0.25) is 5.91 Å². The molecule has 0 bridgehead atoms. The smallest absolute Gasteiger partial charge is 0.326 e. The van der Waals surface area contributed by atoms with Crippen molar-refractivity contribution in [2.45, 2.75) is 6.42 Å². The molecule has 1 aliphatic rings. The van der Waals surface area contributed by atoms with E-state index in [-0.39, 0.29) is 18.9 Å². The third-order valence-electron chi connectivity index (χ3n) is 3.91. The van der Waals surface area contributed by atoms with Crippen molar-refractivity contribution < 1.29 is 32.6 Å². The largest absolute Gasteiger partial charge is 0.491 e. The molecule has 0 fully saturated rings. The number of anilines is 2. The lowest BCUT2D eigenvalue weighted by molar-refractivity contribution is -0.146. The van der Waals surface area contributed by atoms with Crippen LogP contribution in [0.3, 0.4) is 0 Å². The molecule has 0 atom stereocenters. The number of nitrogens with zero attached hydrogens (tertiary/aromatic N) is 1. The molecule has 0 radical (unpaired) electrons. The molecule has 0 saturated carbocycles. The van der Waals surface area contributed by atoms with Crippen LogP contribution in [0.5, 0.6) is 5.75 Å². The molecule has 0 unspecified atom stereocenters. The van der Waals surface area contributed by atoms with E-state index in [9.17, 15) is 23.2 Å². The van der Waals surface area contributed by atoms with Gasteiger partial charge in [0.1, 0.15) is 29.6 Å². The van der Waals surface area contributed by atoms with E-state index < -0.39 is 42.3 Å². The predicted molar refractivity (Wildman–Crippen MR) is 94.9 cm³/mol. The van der Waals surface area contributed by atoms with Crippen molar-refractivity contribution in [2.75, 3.05) is 30.0 Å². The zero-order chi connectivity index (χ0) is 20.1. The summed E-state index contributed by atoms with van der Waals surface area (Å²) in [5, 5.41) is 2.01. The van der Waals surface area contributed by atoms with Crippen LogP contribution in [0.4, 0.5) is 20.2 Å². The van der Waals surface area contributed by atoms with Crippen LogP contribution in [0.15, 0.2) is 42.5 Å². The van der Waals surface area contributed by atoms with Crippen LogP contribution in [0.2, 0.25) is 0 Å². The number of nitrogens with one attached hydrogen (secondary N) is 1. The number of para-hydroxylation sites is 3. The highest BCUT2D eigenvalue weighted by Gasteiger charge is 2.26. The third-order valence-corrected chi connectivity index (χ3v) is 3.91. The summed E-state index contributed by atoms with van der Waals surface area (Å²) in [4.78, 5) is 37.3. The van der Waals surface area contributed by atoms with Gasteiger partial charge in [0.25, 0.3) is 5.91 Å². The van der Waals surface area contributed by atoms with Crippen LogP contribution in [0, 0.1) is 11.6 Å². The van der Waals surface area contributed by atoms with Crippen LogP contribution < -0.4 is 15.0 Å². The quantitative estimate of drug-likeness (QED) is 0.792. The number of carbonyl (C=O) groups excluding carboxylic acids is 3. The summed E-state index contributed by atoms with van der Waals surface area (Å²) in [7, 11) is 0. The molecule has 146 valence electrons. The van der Waals surface area contributed by atoms with Gasteiger partial charge in [-0.15, -0.1) is 0 Å². The third kappa shape index (κ3) is 4.43. The molecular formula is C19H16F2N2O5. The van der Waals surface area contributed by atoms with Crippen LogP contribution in [0.1, 0.15) is 6.42 Å². The van der Waals surface area contributed by atoms with Crippen molar-refractivity contribution in [1.82, 2.24) is 0 Å². The number of ether oxygens (including phenoxy) is 2. The van der Waals surface area contributed by atoms with Crippen molar-refractivity contribution >= 4 is 29.2 Å². The minimum absolute atomic E-state index is 0.0784. The molecule has 7 nitrogen and oxygen atoms in total. The minimum Gasteiger partial charge on any atom is -0.491 e. The van der Waals surface area contributed by atoms with Gasteiger partial charge < -0.3 is 14.8 Å². The first-order valence-corrected chi connectivity index (χ1v) is 8.37. The molecule has 1 heterocycles. The Hall–Kier alpha value is -3.49. The lowest BCUT2D eigenvalue weighted by Gasteiger charge is -2.20. The van der Waals surface area contributed by atoms with E-state index in [1.165, 1.54) is 4.90 Å². The van der Waals surface area contributed by atoms with Gasteiger partial charge in [0.15, 0.2) is 6.61 Å². The Kier molecular flexibility index (Phi) is 5.83. The van der Waals surface area contributed by atoms with E-state index >= 15 is 0 Å².